The van der Waals surface area contributed by atoms with E-state index in [-0.39, 0.29) is 5.41 Å². The van der Waals surface area contributed by atoms with Crippen LogP contribution in [-0.4, -0.2) is 50.8 Å². The molecule has 4 heterocycles. The van der Waals surface area contributed by atoms with Crippen molar-refractivity contribution in [1.82, 2.24) is 30.5 Å². The molecule has 0 spiro atoms. The van der Waals surface area contributed by atoms with Gasteiger partial charge >= 0.3 is 0 Å². The van der Waals surface area contributed by atoms with E-state index in [9.17, 15) is 0 Å². The molecule has 0 aliphatic carbocycles. The SMILES string of the molecule is CC(C)C1CN(c2nc(Nc3cc(C(C)(C)C)[nH]n3)c3cc[nH]c3n2)CCN1. The van der Waals surface area contributed by atoms with Crippen LogP contribution in [0.1, 0.15) is 40.3 Å². The molecule has 8 nitrogen and oxygen atoms in total. The van der Waals surface area contributed by atoms with Gasteiger partial charge in [0.1, 0.15) is 11.5 Å². The number of fused-ring (bicyclic) bond motifs is 1. The third-order valence-electron chi connectivity index (χ3n) is 5.33. The summed E-state index contributed by atoms with van der Waals surface area (Å²) in [5, 5.41) is 15.5. The molecule has 0 bridgehead atoms. The summed E-state index contributed by atoms with van der Waals surface area (Å²) >= 11 is 0. The average molecular weight is 383 g/mol. The predicted molar refractivity (Wildman–Crippen MR) is 113 cm³/mol. The first-order valence-corrected chi connectivity index (χ1v) is 9.97. The van der Waals surface area contributed by atoms with Crippen molar-refractivity contribution in [3.05, 3.63) is 24.0 Å². The minimum atomic E-state index is 0.0137. The summed E-state index contributed by atoms with van der Waals surface area (Å²) in [6.45, 7) is 13.7. The van der Waals surface area contributed by atoms with Crippen molar-refractivity contribution in [2.24, 2.45) is 5.92 Å². The summed E-state index contributed by atoms with van der Waals surface area (Å²) in [7, 11) is 0. The largest absolute Gasteiger partial charge is 0.346 e. The number of hydrogen-bond donors (Lipinski definition) is 4. The Labute approximate surface area is 165 Å². The molecule has 8 heteroatoms. The van der Waals surface area contributed by atoms with Crippen molar-refractivity contribution in [3.63, 3.8) is 0 Å². The van der Waals surface area contributed by atoms with Crippen LogP contribution in [0.5, 0.6) is 0 Å². The second-order valence-corrected chi connectivity index (χ2v) is 8.90. The van der Waals surface area contributed by atoms with E-state index in [0.29, 0.717) is 12.0 Å². The highest BCUT2D eigenvalue weighted by molar-refractivity contribution is 5.89. The lowest BCUT2D eigenvalue weighted by molar-refractivity contribution is 0.366. The Hall–Kier alpha value is -2.61. The molecule has 28 heavy (non-hydrogen) atoms. The van der Waals surface area contributed by atoms with Gasteiger partial charge in [-0.2, -0.15) is 15.1 Å². The smallest absolute Gasteiger partial charge is 0.229 e. The van der Waals surface area contributed by atoms with E-state index in [1.165, 1.54) is 0 Å². The summed E-state index contributed by atoms with van der Waals surface area (Å²) in [4.78, 5) is 15.1. The number of hydrogen-bond acceptors (Lipinski definition) is 6. The first kappa shape index (κ1) is 18.7. The summed E-state index contributed by atoms with van der Waals surface area (Å²) in [5.41, 5.74) is 1.93. The van der Waals surface area contributed by atoms with Crippen LogP contribution in [0.4, 0.5) is 17.6 Å². The lowest BCUT2D eigenvalue weighted by Crippen LogP contribution is -2.53. The molecular formula is C20H30N8. The van der Waals surface area contributed by atoms with Crippen molar-refractivity contribution in [2.45, 2.75) is 46.1 Å². The molecule has 4 rings (SSSR count). The fourth-order valence-corrected chi connectivity index (χ4v) is 3.46. The number of aromatic nitrogens is 5. The van der Waals surface area contributed by atoms with Gasteiger partial charge in [0.25, 0.3) is 0 Å². The Morgan fingerprint density at radius 1 is 1.25 bits per heavy atom. The Morgan fingerprint density at radius 2 is 2.07 bits per heavy atom. The van der Waals surface area contributed by atoms with E-state index < -0.39 is 0 Å². The molecule has 0 radical (unpaired) electrons. The third-order valence-corrected chi connectivity index (χ3v) is 5.33. The van der Waals surface area contributed by atoms with Gasteiger partial charge in [-0.05, 0) is 12.0 Å². The second kappa shape index (κ2) is 7.09. The molecule has 1 fully saturated rings. The van der Waals surface area contributed by atoms with E-state index in [2.05, 4.69) is 65.3 Å². The van der Waals surface area contributed by atoms with Crippen molar-refractivity contribution < 1.29 is 0 Å². The van der Waals surface area contributed by atoms with E-state index in [1.54, 1.807) is 0 Å². The van der Waals surface area contributed by atoms with E-state index in [4.69, 9.17) is 9.97 Å². The highest BCUT2D eigenvalue weighted by Gasteiger charge is 2.25. The average Bonchev–Trinajstić information content (AvgIpc) is 3.30. The maximum absolute atomic E-state index is 4.86. The molecule has 3 aromatic heterocycles. The van der Waals surface area contributed by atoms with Crippen LogP contribution < -0.4 is 15.5 Å². The first-order chi connectivity index (χ1) is 13.3. The van der Waals surface area contributed by atoms with Crippen LogP contribution in [0.25, 0.3) is 11.0 Å². The minimum absolute atomic E-state index is 0.0137. The Bertz CT molecular complexity index is 949. The second-order valence-electron chi connectivity index (χ2n) is 8.90. The third kappa shape index (κ3) is 3.69. The molecule has 3 aromatic rings. The van der Waals surface area contributed by atoms with Crippen molar-refractivity contribution in [2.75, 3.05) is 29.9 Å². The van der Waals surface area contributed by atoms with Crippen LogP contribution in [0.15, 0.2) is 18.3 Å². The molecule has 0 aromatic carbocycles. The van der Waals surface area contributed by atoms with Gasteiger partial charge in [-0.3, -0.25) is 5.10 Å². The van der Waals surface area contributed by atoms with Crippen molar-refractivity contribution in [3.8, 4) is 0 Å². The van der Waals surface area contributed by atoms with Gasteiger partial charge in [0, 0.05) is 49.0 Å². The predicted octanol–water partition coefficient (Wildman–Crippen LogP) is 3.16. The maximum Gasteiger partial charge on any atom is 0.229 e. The summed E-state index contributed by atoms with van der Waals surface area (Å²) in [6.07, 6.45) is 1.90. The number of aromatic amines is 2. The van der Waals surface area contributed by atoms with Crippen LogP contribution in [-0.2, 0) is 5.41 Å². The van der Waals surface area contributed by atoms with Crippen LogP contribution in [0, 0.1) is 5.92 Å². The van der Waals surface area contributed by atoms with Crippen molar-refractivity contribution >= 4 is 28.6 Å². The zero-order chi connectivity index (χ0) is 19.9. The maximum atomic E-state index is 4.86. The lowest BCUT2D eigenvalue weighted by Gasteiger charge is -2.35. The fraction of sp³-hybridized carbons (Fsp3) is 0.550. The zero-order valence-corrected chi connectivity index (χ0v) is 17.3. The topological polar surface area (TPSA) is 97.5 Å². The van der Waals surface area contributed by atoms with Crippen LogP contribution >= 0.6 is 0 Å². The standard InChI is InChI=1S/C20H30N8/c1-12(2)14-11-28(9-8-21-14)19-24-17-13(6-7-22-17)18(25-19)23-16-10-15(26-27-16)20(3,4)5/h6-7,10,12,14,21H,8-9,11H2,1-5H3,(H3,22,23,24,25,26,27). The van der Waals surface area contributed by atoms with E-state index in [1.807, 2.05) is 18.3 Å². The molecular weight excluding hydrogens is 352 g/mol. The number of piperazine rings is 1. The Morgan fingerprint density at radius 3 is 2.79 bits per heavy atom. The molecule has 1 atom stereocenters. The van der Waals surface area contributed by atoms with Crippen molar-refractivity contribution in [1.29, 1.82) is 0 Å². The number of nitrogens with zero attached hydrogens (tertiary/aromatic N) is 4. The van der Waals surface area contributed by atoms with E-state index >= 15 is 0 Å². The summed E-state index contributed by atoms with van der Waals surface area (Å²) in [6, 6.07) is 4.47. The number of nitrogens with one attached hydrogen (secondary N) is 4. The highest BCUT2D eigenvalue weighted by atomic mass is 15.3. The Kier molecular flexibility index (Phi) is 4.74. The monoisotopic (exact) mass is 382 g/mol. The molecule has 1 aliphatic heterocycles. The van der Waals surface area contributed by atoms with Crippen LogP contribution in [0.2, 0.25) is 0 Å². The first-order valence-electron chi connectivity index (χ1n) is 9.97. The number of rotatable bonds is 4. The molecule has 1 saturated heterocycles. The Balaban J connectivity index is 1.65. The summed E-state index contributed by atoms with van der Waals surface area (Å²) in [5.74, 6) is 2.84. The van der Waals surface area contributed by atoms with Gasteiger partial charge in [0.2, 0.25) is 5.95 Å². The number of H-pyrrole nitrogens is 2. The lowest BCUT2D eigenvalue weighted by atomic mass is 9.92. The van der Waals surface area contributed by atoms with E-state index in [0.717, 1.165) is 53.9 Å². The highest BCUT2D eigenvalue weighted by Crippen LogP contribution is 2.28. The van der Waals surface area contributed by atoms with Gasteiger partial charge in [-0.15, -0.1) is 0 Å². The number of anilines is 3. The molecule has 150 valence electrons. The molecule has 1 unspecified atom stereocenters. The van der Waals surface area contributed by atoms with Gasteiger partial charge in [-0.1, -0.05) is 34.6 Å². The molecule has 0 amide bonds. The zero-order valence-electron chi connectivity index (χ0n) is 17.3. The quantitative estimate of drug-likeness (QED) is 0.553. The van der Waals surface area contributed by atoms with Gasteiger partial charge in [0.15, 0.2) is 5.82 Å². The fourth-order valence-electron chi connectivity index (χ4n) is 3.46. The van der Waals surface area contributed by atoms with Crippen LogP contribution in [0.3, 0.4) is 0 Å². The molecule has 0 saturated carbocycles. The minimum Gasteiger partial charge on any atom is -0.346 e. The van der Waals surface area contributed by atoms with Gasteiger partial charge in [-0.25, -0.2) is 0 Å². The summed E-state index contributed by atoms with van der Waals surface area (Å²) < 4.78 is 0. The van der Waals surface area contributed by atoms with Gasteiger partial charge in [0.05, 0.1) is 5.39 Å². The molecule has 1 aliphatic rings. The normalized spacial score (nSPS) is 18.2. The van der Waals surface area contributed by atoms with Gasteiger partial charge < -0.3 is 20.5 Å². The molecule has 4 N–H and O–H groups in total.